The molecular weight excluding hydrogens is 200 g/mol. The first-order valence-electron chi connectivity index (χ1n) is 6.37. The van der Waals surface area contributed by atoms with Gasteiger partial charge in [0.1, 0.15) is 0 Å². The van der Waals surface area contributed by atoms with E-state index < -0.39 is 0 Å². The summed E-state index contributed by atoms with van der Waals surface area (Å²) in [5, 5.41) is 0.577. The minimum Gasteiger partial charge on any atom is -0.176 e. The second-order valence-corrected chi connectivity index (χ2v) is 5.13. The topological polar surface area (TPSA) is 0 Å². The zero-order chi connectivity index (χ0) is 10.8. The van der Waals surface area contributed by atoms with E-state index in [0.29, 0.717) is 5.25 Å². The lowest BCUT2D eigenvalue weighted by atomic mass is 10.1. The Morgan fingerprint density at radius 3 is 1.93 bits per heavy atom. The van der Waals surface area contributed by atoms with Gasteiger partial charge >= 0.3 is 0 Å². The Bertz CT molecular complexity index is 194. The molecule has 15 heavy (non-hydrogen) atoms. The van der Waals surface area contributed by atoms with Gasteiger partial charge in [0.15, 0.2) is 0 Å². The molecule has 1 heteroatoms. The van der Waals surface area contributed by atoms with Crippen molar-refractivity contribution >= 4 is 12.6 Å². The molecule has 0 nitrogen and oxygen atoms in total. The van der Waals surface area contributed by atoms with Gasteiger partial charge in [-0.15, -0.1) is 0 Å². The highest BCUT2D eigenvalue weighted by atomic mass is 32.1. The summed E-state index contributed by atoms with van der Waals surface area (Å²) in [4.78, 5) is 0. The first kappa shape index (κ1) is 12.9. The third-order valence-electron chi connectivity index (χ3n) is 2.89. The van der Waals surface area contributed by atoms with Crippen LogP contribution < -0.4 is 0 Å². The smallest absolute Gasteiger partial charge is 0.00513 e. The SMILES string of the molecule is SC1C/C=C\CCCC/C=C/CCCC1. The molecule has 86 valence electrons. The zero-order valence-electron chi connectivity index (χ0n) is 9.70. The van der Waals surface area contributed by atoms with E-state index >= 15 is 0 Å². The van der Waals surface area contributed by atoms with Crippen molar-refractivity contribution in [2.45, 2.75) is 63.0 Å². The van der Waals surface area contributed by atoms with Crippen molar-refractivity contribution in [2.24, 2.45) is 0 Å². The Balaban J connectivity index is 2.26. The van der Waals surface area contributed by atoms with Crippen LogP contribution in [0.4, 0.5) is 0 Å². The first-order valence-corrected chi connectivity index (χ1v) is 6.89. The molecule has 0 bridgehead atoms. The monoisotopic (exact) mass is 224 g/mol. The van der Waals surface area contributed by atoms with E-state index in [1.54, 1.807) is 0 Å². The fraction of sp³-hybridized carbons (Fsp3) is 0.714. The predicted molar refractivity (Wildman–Crippen MR) is 72.6 cm³/mol. The highest BCUT2D eigenvalue weighted by Gasteiger charge is 1.99. The number of thiol groups is 1. The summed E-state index contributed by atoms with van der Waals surface area (Å²) in [6.45, 7) is 0. The molecule has 0 aromatic heterocycles. The van der Waals surface area contributed by atoms with Gasteiger partial charge in [0.25, 0.3) is 0 Å². The lowest BCUT2D eigenvalue weighted by Crippen LogP contribution is -1.96. The Kier molecular flexibility index (Phi) is 7.81. The van der Waals surface area contributed by atoms with Gasteiger partial charge in [-0.1, -0.05) is 30.7 Å². The highest BCUT2D eigenvalue weighted by Crippen LogP contribution is 2.14. The average Bonchev–Trinajstić information content (AvgIpc) is 2.24. The van der Waals surface area contributed by atoms with Gasteiger partial charge in [-0.2, -0.15) is 12.6 Å². The predicted octanol–water partition coefficient (Wildman–Crippen LogP) is 4.92. The van der Waals surface area contributed by atoms with E-state index in [1.807, 2.05) is 0 Å². The van der Waals surface area contributed by atoms with E-state index in [1.165, 1.54) is 51.4 Å². The lowest BCUT2D eigenvalue weighted by molar-refractivity contribution is 0.662. The summed E-state index contributed by atoms with van der Waals surface area (Å²) in [5.74, 6) is 0. The Morgan fingerprint density at radius 1 is 0.733 bits per heavy atom. The highest BCUT2D eigenvalue weighted by molar-refractivity contribution is 7.80. The van der Waals surface area contributed by atoms with Crippen molar-refractivity contribution in [2.75, 3.05) is 0 Å². The van der Waals surface area contributed by atoms with E-state index in [4.69, 9.17) is 0 Å². The van der Waals surface area contributed by atoms with Crippen LogP contribution in [0.15, 0.2) is 24.3 Å². The molecular formula is C14H24S. The van der Waals surface area contributed by atoms with Crippen molar-refractivity contribution in [3.63, 3.8) is 0 Å². The number of hydrogen-bond donors (Lipinski definition) is 1. The van der Waals surface area contributed by atoms with Crippen LogP contribution in [0.5, 0.6) is 0 Å². The molecule has 0 fully saturated rings. The van der Waals surface area contributed by atoms with Gasteiger partial charge < -0.3 is 0 Å². The van der Waals surface area contributed by atoms with Gasteiger partial charge in [0.2, 0.25) is 0 Å². The second-order valence-electron chi connectivity index (χ2n) is 4.40. The number of hydrogen-bond acceptors (Lipinski definition) is 1. The molecule has 0 aromatic carbocycles. The van der Waals surface area contributed by atoms with E-state index in [9.17, 15) is 0 Å². The van der Waals surface area contributed by atoms with Crippen molar-refractivity contribution in [1.29, 1.82) is 0 Å². The van der Waals surface area contributed by atoms with Gasteiger partial charge in [-0.3, -0.25) is 0 Å². The molecule has 0 aromatic rings. The van der Waals surface area contributed by atoms with Crippen molar-refractivity contribution in [1.82, 2.24) is 0 Å². The maximum absolute atomic E-state index is 4.60. The normalized spacial score (nSPS) is 30.3. The van der Waals surface area contributed by atoms with Crippen molar-refractivity contribution < 1.29 is 0 Å². The summed E-state index contributed by atoms with van der Waals surface area (Å²) in [6.07, 6.45) is 20.9. The fourth-order valence-corrected chi connectivity index (χ4v) is 2.20. The molecule has 0 saturated heterocycles. The van der Waals surface area contributed by atoms with Gasteiger partial charge in [-0.05, 0) is 51.4 Å². The third-order valence-corrected chi connectivity index (χ3v) is 3.36. The molecule has 0 amide bonds. The molecule has 1 aliphatic carbocycles. The number of rotatable bonds is 0. The van der Waals surface area contributed by atoms with E-state index in [2.05, 4.69) is 36.9 Å². The van der Waals surface area contributed by atoms with Crippen LogP contribution in [-0.4, -0.2) is 5.25 Å². The third kappa shape index (κ3) is 7.72. The van der Waals surface area contributed by atoms with Gasteiger partial charge in [-0.25, -0.2) is 0 Å². The van der Waals surface area contributed by atoms with Crippen molar-refractivity contribution in [3.05, 3.63) is 24.3 Å². The standard InChI is InChI=1S/C14H24S/c15-14-12-10-8-6-4-2-1-3-5-7-9-11-13-14/h2,4,9,11,14-15H,1,3,5-8,10,12-13H2/b4-2+,11-9-. The summed E-state index contributed by atoms with van der Waals surface area (Å²) in [6, 6.07) is 0. The van der Waals surface area contributed by atoms with Crippen molar-refractivity contribution in [3.8, 4) is 0 Å². The largest absolute Gasteiger partial charge is 0.176 e. The molecule has 0 heterocycles. The molecule has 1 atom stereocenters. The Hall–Kier alpha value is -0.170. The summed E-state index contributed by atoms with van der Waals surface area (Å²) < 4.78 is 0. The molecule has 0 radical (unpaired) electrons. The van der Waals surface area contributed by atoms with Gasteiger partial charge in [0.05, 0.1) is 0 Å². The van der Waals surface area contributed by atoms with Crippen LogP contribution in [0, 0.1) is 0 Å². The van der Waals surface area contributed by atoms with Crippen LogP contribution >= 0.6 is 12.6 Å². The lowest BCUT2D eigenvalue weighted by Gasteiger charge is -2.07. The van der Waals surface area contributed by atoms with E-state index in [-0.39, 0.29) is 0 Å². The van der Waals surface area contributed by atoms with Crippen LogP contribution in [0.2, 0.25) is 0 Å². The zero-order valence-corrected chi connectivity index (χ0v) is 10.6. The maximum Gasteiger partial charge on any atom is 0.00513 e. The second kappa shape index (κ2) is 9.08. The molecule has 0 spiro atoms. The summed E-state index contributed by atoms with van der Waals surface area (Å²) >= 11 is 4.60. The minimum absolute atomic E-state index is 0.577. The van der Waals surface area contributed by atoms with Crippen LogP contribution in [0.25, 0.3) is 0 Å². The maximum atomic E-state index is 4.60. The molecule has 1 unspecified atom stereocenters. The Morgan fingerprint density at radius 2 is 1.27 bits per heavy atom. The summed E-state index contributed by atoms with van der Waals surface area (Å²) in [5.41, 5.74) is 0. The molecule has 1 aliphatic rings. The number of allylic oxidation sites excluding steroid dienone is 4. The minimum atomic E-state index is 0.577. The molecule has 0 saturated carbocycles. The first-order chi connectivity index (χ1) is 7.39. The molecule has 0 N–H and O–H groups in total. The van der Waals surface area contributed by atoms with Crippen LogP contribution in [0.1, 0.15) is 57.8 Å². The van der Waals surface area contributed by atoms with Crippen LogP contribution in [0.3, 0.4) is 0 Å². The summed E-state index contributed by atoms with van der Waals surface area (Å²) in [7, 11) is 0. The molecule has 1 rings (SSSR count). The molecule has 0 aliphatic heterocycles. The van der Waals surface area contributed by atoms with Crippen LogP contribution in [-0.2, 0) is 0 Å². The average molecular weight is 224 g/mol. The van der Waals surface area contributed by atoms with E-state index in [0.717, 1.165) is 6.42 Å². The van der Waals surface area contributed by atoms with Gasteiger partial charge in [0, 0.05) is 5.25 Å². The Labute approximate surface area is 100 Å². The quantitative estimate of drug-likeness (QED) is 0.438. The fourth-order valence-electron chi connectivity index (χ4n) is 1.89.